The van der Waals surface area contributed by atoms with Crippen molar-refractivity contribution < 1.29 is 9.18 Å². The second kappa shape index (κ2) is 7.46. The maximum atomic E-state index is 13.4. The molecule has 25 heavy (non-hydrogen) atoms. The highest BCUT2D eigenvalue weighted by Crippen LogP contribution is 2.15. The average molecular weight is 329 g/mol. The Morgan fingerprint density at radius 2 is 1.60 bits per heavy atom. The van der Waals surface area contributed by atoms with Crippen molar-refractivity contribution in [3.8, 4) is 11.8 Å². The van der Waals surface area contributed by atoms with Crippen LogP contribution in [-0.2, 0) is 0 Å². The van der Waals surface area contributed by atoms with Gasteiger partial charge in [-0.1, -0.05) is 42.2 Å². The van der Waals surface area contributed by atoms with Gasteiger partial charge in [-0.05, 0) is 55.0 Å². The number of rotatable bonds is 2. The van der Waals surface area contributed by atoms with Gasteiger partial charge in [0.05, 0.1) is 0 Å². The molecule has 3 aromatic rings. The number of benzene rings is 3. The van der Waals surface area contributed by atoms with Crippen molar-refractivity contribution in [1.82, 2.24) is 0 Å². The van der Waals surface area contributed by atoms with Crippen molar-refractivity contribution in [3.63, 3.8) is 0 Å². The lowest BCUT2D eigenvalue weighted by Gasteiger charge is -2.08. The normalized spacial score (nSPS) is 9.84. The third kappa shape index (κ3) is 4.33. The molecule has 0 heterocycles. The van der Waals surface area contributed by atoms with E-state index in [0.717, 1.165) is 16.7 Å². The van der Waals surface area contributed by atoms with Crippen LogP contribution in [0.3, 0.4) is 0 Å². The zero-order chi connectivity index (χ0) is 17.6. The molecule has 0 saturated carbocycles. The van der Waals surface area contributed by atoms with Gasteiger partial charge < -0.3 is 5.32 Å². The lowest BCUT2D eigenvalue weighted by atomic mass is 10.1. The highest BCUT2D eigenvalue weighted by Gasteiger charge is 2.10. The van der Waals surface area contributed by atoms with E-state index in [9.17, 15) is 9.18 Å². The Kier molecular flexibility index (Phi) is 4.92. The standard InChI is InChI=1S/C22H16FNO/c1-16-10-13-19(23)15-21(16)22(25)24-20-9-5-8-18(14-20)12-11-17-6-3-2-4-7-17/h2-10,13-15H,1H3,(H,24,25). The van der Waals surface area contributed by atoms with E-state index in [-0.39, 0.29) is 5.91 Å². The van der Waals surface area contributed by atoms with E-state index < -0.39 is 5.82 Å². The molecule has 3 rings (SSSR count). The van der Waals surface area contributed by atoms with Gasteiger partial charge in [-0.2, -0.15) is 0 Å². The van der Waals surface area contributed by atoms with Crippen LogP contribution in [0.15, 0.2) is 72.8 Å². The van der Waals surface area contributed by atoms with Crippen molar-refractivity contribution in [2.45, 2.75) is 6.92 Å². The van der Waals surface area contributed by atoms with Crippen LogP contribution in [0.2, 0.25) is 0 Å². The van der Waals surface area contributed by atoms with E-state index in [0.29, 0.717) is 11.3 Å². The van der Waals surface area contributed by atoms with E-state index in [1.165, 1.54) is 12.1 Å². The van der Waals surface area contributed by atoms with Crippen LogP contribution in [0, 0.1) is 24.6 Å². The summed E-state index contributed by atoms with van der Waals surface area (Å²) < 4.78 is 13.4. The molecule has 0 aliphatic heterocycles. The van der Waals surface area contributed by atoms with Gasteiger partial charge in [0.15, 0.2) is 0 Å². The molecule has 122 valence electrons. The number of halogens is 1. The van der Waals surface area contributed by atoms with E-state index in [2.05, 4.69) is 17.2 Å². The van der Waals surface area contributed by atoms with Crippen LogP contribution in [0.25, 0.3) is 0 Å². The SMILES string of the molecule is Cc1ccc(F)cc1C(=O)Nc1cccc(C#Cc2ccccc2)c1. The molecule has 0 aliphatic rings. The fourth-order valence-corrected chi connectivity index (χ4v) is 2.38. The van der Waals surface area contributed by atoms with E-state index in [1.807, 2.05) is 42.5 Å². The molecule has 1 N–H and O–H groups in total. The van der Waals surface area contributed by atoms with Crippen LogP contribution in [-0.4, -0.2) is 5.91 Å². The van der Waals surface area contributed by atoms with Crippen molar-refractivity contribution in [1.29, 1.82) is 0 Å². The predicted molar refractivity (Wildman–Crippen MR) is 98.0 cm³/mol. The van der Waals surface area contributed by atoms with Gasteiger partial charge in [0.1, 0.15) is 5.82 Å². The van der Waals surface area contributed by atoms with Gasteiger partial charge in [0.2, 0.25) is 0 Å². The summed E-state index contributed by atoms with van der Waals surface area (Å²) in [7, 11) is 0. The van der Waals surface area contributed by atoms with Crippen LogP contribution >= 0.6 is 0 Å². The summed E-state index contributed by atoms with van der Waals surface area (Å²) in [6, 6.07) is 21.1. The Balaban J connectivity index is 1.79. The van der Waals surface area contributed by atoms with E-state index >= 15 is 0 Å². The number of carbonyl (C=O) groups is 1. The van der Waals surface area contributed by atoms with Crippen molar-refractivity contribution in [2.24, 2.45) is 0 Å². The molecule has 0 fully saturated rings. The van der Waals surface area contributed by atoms with Gasteiger partial charge in [-0.15, -0.1) is 0 Å². The number of nitrogens with one attached hydrogen (secondary N) is 1. The molecular weight excluding hydrogens is 313 g/mol. The van der Waals surface area contributed by atoms with E-state index in [1.54, 1.807) is 25.1 Å². The third-order valence-corrected chi connectivity index (χ3v) is 3.69. The molecule has 1 amide bonds. The number of carbonyl (C=O) groups excluding carboxylic acids is 1. The summed E-state index contributed by atoms with van der Waals surface area (Å²) in [6.07, 6.45) is 0. The number of anilines is 1. The molecule has 0 radical (unpaired) electrons. The van der Waals surface area contributed by atoms with Crippen LogP contribution in [0.5, 0.6) is 0 Å². The first-order valence-corrected chi connectivity index (χ1v) is 7.86. The Hall–Kier alpha value is -3.38. The van der Waals surface area contributed by atoms with Crippen LogP contribution < -0.4 is 5.32 Å². The summed E-state index contributed by atoms with van der Waals surface area (Å²) in [5, 5.41) is 2.79. The third-order valence-electron chi connectivity index (χ3n) is 3.69. The second-order valence-corrected chi connectivity index (χ2v) is 5.61. The lowest BCUT2D eigenvalue weighted by Crippen LogP contribution is -2.13. The Bertz CT molecular complexity index is 968. The largest absolute Gasteiger partial charge is 0.322 e. The molecule has 0 aromatic heterocycles. The first-order valence-electron chi connectivity index (χ1n) is 7.86. The van der Waals surface area contributed by atoms with Crippen molar-refractivity contribution in [3.05, 3.63) is 101 Å². The van der Waals surface area contributed by atoms with Crippen molar-refractivity contribution in [2.75, 3.05) is 5.32 Å². The Labute approximate surface area is 146 Å². The predicted octanol–water partition coefficient (Wildman–Crippen LogP) is 4.79. The highest BCUT2D eigenvalue weighted by atomic mass is 19.1. The second-order valence-electron chi connectivity index (χ2n) is 5.61. The van der Waals surface area contributed by atoms with Gasteiger partial charge in [0.25, 0.3) is 5.91 Å². The molecule has 2 nitrogen and oxygen atoms in total. The van der Waals surface area contributed by atoms with Gasteiger partial charge in [0, 0.05) is 22.4 Å². The molecule has 0 bridgehead atoms. The number of hydrogen-bond acceptors (Lipinski definition) is 1. The topological polar surface area (TPSA) is 29.1 Å². The Morgan fingerprint density at radius 1 is 0.880 bits per heavy atom. The summed E-state index contributed by atoms with van der Waals surface area (Å²) >= 11 is 0. The maximum absolute atomic E-state index is 13.4. The first-order chi connectivity index (χ1) is 12.1. The molecule has 3 heteroatoms. The highest BCUT2D eigenvalue weighted by molar-refractivity contribution is 6.05. The minimum absolute atomic E-state index is 0.320. The molecule has 0 saturated heterocycles. The molecule has 0 aliphatic carbocycles. The molecule has 3 aromatic carbocycles. The van der Waals surface area contributed by atoms with Gasteiger partial charge in [-0.25, -0.2) is 4.39 Å². The first kappa shape index (κ1) is 16.5. The molecular formula is C22H16FNO. The summed E-state index contributed by atoms with van der Waals surface area (Å²) in [5.74, 6) is 5.38. The average Bonchev–Trinajstić information content (AvgIpc) is 2.63. The Morgan fingerprint density at radius 3 is 2.40 bits per heavy atom. The molecule has 0 spiro atoms. The minimum atomic E-state index is -0.432. The fraction of sp³-hybridized carbons (Fsp3) is 0.0455. The molecule has 0 atom stereocenters. The summed E-state index contributed by atoms with van der Waals surface area (Å²) in [4.78, 5) is 12.4. The number of aryl methyl sites for hydroxylation is 1. The van der Waals surface area contributed by atoms with Crippen LogP contribution in [0.1, 0.15) is 27.0 Å². The van der Waals surface area contributed by atoms with Gasteiger partial charge >= 0.3 is 0 Å². The van der Waals surface area contributed by atoms with Gasteiger partial charge in [-0.3, -0.25) is 4.79 Å². The van der Waals surface area contributed by atoms with Crippen molar-refractivity contribution >= 4 is 11.6 Å². The molecule has 0 unspecified atom stereocenters. The maximum Gasteiger partial charge on any atom is 0.256 e. The minimum Gasteiger partial charge on any atom is -0.322 e. The summed E-state index contributed by atoms with van der Waals surface area (Å²) in [5.41, 5.74) is 3.37. The fourth-order valence-electron chi connectivity index (χ4n) is 2.38. The number of hydrogen-bond donors (Lipinski definition) is 1. The lowest BCUT2D eigenvalue weighted by molar-refractivity contribution is 0.102. The number of amides is 1. The summed E-state index contributed by atoms with van der Waals surface area (Å²) in [6.45, 7) is 1.77. The monoisotopic (exact) mass is 329 g/mol. The zero-order valence-electron chi connectivity index (χ0n) is 13.7. The van der Waals surface area contributed by atoms with Crippen LogP contribution in [0.4, 0.5) is 10.1 Å². The zero-order valence-corrected chi connectivity index (χ0v) is 13.7. The van der Waals surface area contributed by atoms with E-state index in [4.69, 9.17) is 0 Å². The quantitative estimate of drug-likeness (QED) is 0.673. The smallest absolute Gasteiger partial charge is 0.256 e.